The summed E-state index contributed by atoms with van der Waals surface area (Å²) in [5.74, 6) is 1.70. The molecule has 0 aromatic rings. The zero-order valence-corrected chi connectivity index (χ0v) is 9.00. The first-order valence-corrected chi connectivity index (χ1v) is 6.01. The first-order valence-electron chi connectivity index (χ1n) is 6.01. The normalized spacial score (nSPS) is 36.5. The molecule has 0 bridgehead atoms. The average molecular weight is 196 g/mol. The van der Waals surface area contributed by atoms with E-state index in [-0.39, 0.29) is 11.9 Å². The molecule has 2 aliphatic carbocycles. The Morgan fingerprint density at radius 3 is 2.21 bits per heavy atom. The van der Waals surface area contributed by atoms with Crippen LogP contribution in [0.1, 0.15) is 45.4 Å². The van der Waals surface area contributed by atoms with Crippen LogP contribution in [0, 0.1) is 17.8 Å². The Bertz CT molecular complexity index is 198. The minimum Gasteiger partial charge on any atom is -0.466 e. The summed E-state index contributed by atoms with van der Waals surface area (Å²) in [5.41, 5.74) is 0. The van der Waals surface area contributed by atoms with Gasteiger partial charge in [-0.05, 0) is 31.6 Å². The summed E-state index contributed by atoms with van der Waals surface area (Å²) >= 11 is 0. The number of hydrogen-bond acceptors (Lipinski definition) is 2. The minimum absolute atomic E-state index is 0.0735. The van der Waals surface area contributed by atoms with Crippen LogP contribution in [0.2, 0.25) is 0 Å². The molecule has 0 aromatic carbocycles. The van der Waals surface area contributed by atoms with Crippen molar-refractivity contribution >= 4 is 5.97 Å². The summed E-state index contributed by atoms with van der Waals surface area (Å²) in [6.07, 6.45) is 7.87. The maximum absolute atomic E-state index is 11.6. The van der Waals surface area contributed by atoms with Crippen LogP contribution in [-0.4, -0.2) is 12.6 Å². The molecule has 0 aliphatic heterocycles. The van der Waals surface area contributed by atoms with Crippen molar-refractivity contribution in [3.63, 3.8) is 0 Å². The molecular weight excluding hydrogens is 176 g/mol. The molecule has 2 atom stereocenters. The van der Waals surface area contributed by atoms with Crippen LogP contribution in [0.4, 0.5) is 0 Å². The molecule has 14 heavy (non-hydrogen) atoms. The zero-order valence-electron chi connectivity index (χ0n) is 9.00. The molecular formula is C12H20O2. The fourth-order valence-electron chi connectivity index (χ4n) is 2.93. The van der Waals surface area contributed by atoms with E-state index in [1.54, 1.807) is 0 Å². The van der Waals surface area contributed by atoms with E-state index in [0.29, 0.717) is 18.4 Å². The monoisotopic (exact) mass is 196 g/mol. The van der Waals surface area contributed by atoms with Crippen molar-refractivity contribution in [2.45, 2.75) is 45.4 Å². The predicted octanol–water partition coefficient (Wildman–Crippen LogP) is 2.77. The zero-order chi connectivity index (χ0) is 9.97. The lowest BCUT2D eigenvalue weighted by Crippen LogP contribution is -2.08. The van der Waals surface area contributed by atoms with Gasteiger partial charge in [-0.3, -0.25) is 4.79 Å². The first-order chi connectivity index (χ1) is 6.84. The van der Waals surface area contributed by atoms with Crippen LogP contribution < -0.4 is 0 Å². The molecule has 0 saturated heterocycles. The SMILES string of the molecule is CCOC(=O)C1[C@H]2CCCCCC[C@H]12. The summed E-state index contributed by atoms with van der Waals surface area (Å²) in [4.78, 5) is 11.6. The number of fused-ring (bicyclic) bond motifs is 1. The molecule has 2 rings (SSSR count). The van der Waals surface area contributed by atoms with Gasteiger partial charge < -0.3 is 4.74 Å². The third kappa shape index (κ3) is 1.94. The van der Waals surface area contributed by atoms with Crippen molar-refractivity contribution in [2.75, 3.05) is 6.61 Å². The van der Waals surface area contributed by atoms with Gasteiger partial charge in [0.15, 0.2) is 0 Å². The number of ether oxygens (including phenoxy) is 1. The van der Waals surface area contributed by atoms with Gasteiger partial charge in [0, 0.05) is 0 Å². The quantitative estimate of drug-likeness (QED) is 0.635. The van der Waals surface area contributed by atoms with E-state index in [0.717, 1.165) is 0 Å². The fraction of sp³-hybridized carbons (Fsp3) is 0.917. The molecule has 2 nitrogen and oxygen atoms in total. The summed E-state index contributed by atoms with van der Waals surface area (Å²) < 4.78 is 5.10. The minimum atomic E-state index is 0.0735. The van der Waals surface area contributed by atoms with Crippen LogP contribution in [0.5, 0.6) is 0 Å². The molecule has 0 amide bonds. The Hall–Kier alpha value is -0.530. The predicted molar refractivity (Wildman–Crippen MR) is 54.8 cm³/mol. The second-order valence-electron chi connectivity index (χ2n) is 4.60. The Morgan fingerprint density at radius 2 is 1.71 bits per heavy atom. The molecule has 0 N–H and O–H groups in total. The number of hydrogen-bond donors (Lipinski definition) is 0. The van der Waals surface area contributed by atoms with Crippen molar-refractivity contribution in [2.24, 2.45) is 17.8 Å². The van der Waals surface area contributed by atoms with E-state index in [4.69, 9.17) is 4.74 Å². The standard InChI is InChI=1S/C12H20O2/c1-2-14-12(13)11-9-7-5-3-4-6-8-10(9)11/h9-11H,2-8H2,1H3/t9-,10-/m0/s1. The number of carbonyl (C=O) groups excluding carboxylic acids is 1. The van der Waals surface area contributed by atoms with Gasteiger partial charge in [0.25, 0.3) is 0 Å². The molecule has 0 spiro atoms. The maximum Gasteiger partial charge on any atom is 0.309 e. The summed E-state index contributed by atoms with van der Waals surface area (Å²) in [6, 6.07) is 0. The molecule has 0 unspecified atom stereocenters. The second kappa shape index (κ2) is 4.33. The van der Waals surface area contributed by atoms with Gasteiger partial charge in [-0.25, -0.2) is 0 Å². The van der Waals surface area contributed by atoms with Gasteiger partial charge in [0.2, 0.25) is 0 Å². The maximum atomic E-state index is 11.6. The van der Waals surface area contributed by atoms with E-state index < -0.39 is 0 Å². The van der Waals surface area contributed by atoms with Crippen molar-refractivity contribution in [3.8, 4) is 0 Å². The fourth-order valence-corrected chi connectivity index (χ4v) is 2.93. The molecule has 0 radical (unpaired) electrons. The Balaban J connectivity index is 1.87. The molecule has 0 aromatic heterocycles. The van der Waals surface area contributed by atoms with Crippen LogP contribution in [-0.2, 0) is 9.53 Å². The van der Waals surface area contributed by atoms with Gasteiger partial charge in [-0.15, -0.1) is 0 Å². The largest absolute Gasteiger partial charge is 0.466 e. The highest BCUT2D eigenvalue weighted by Crippen LogP contribution is 2.53. The van der Waals surface area contributed by atoms with E-state index in [1.807, 2.05) is 6.92 Å². The van der Waals surface area contributed by atoms with Crippen LogP contribution in [0.15, 0.2) is 0 Å². The lowest BCUT2D eigenvalue weighted by Gasteiger charge is -2.04. The molecule has 2 aliphatic rings. The van der Waals surface area contributed by atoms with Crippen molar-refractivity contribution in [3.05, 3.63) is 0 Å². The Labute approximate surface area is 86.0 Å². The highest BCUT2D eigenvalue weighted by molar-refractivity contribution is 5.76. The van der Waals surface area contributed by atoms with E-state index in [9.17, 15) is 4.79 Å². The molecule has 2 heteroatoms. The third-order valence-corrected chi connectivity index (χ3v) is 3.72. The highest BCUT2D eigenvalue weighted by atomic mass is 16.5. The second-order valence-corrected chi connectivity index (χ2v) is 4.60. The highest BCUT2D eigenvalue weighted by Gasteiger charge is 2.54. The van der Waals surface area contributed by atoms with Gasteiger partial charge in [-0.1, -0.05) is 25.7 Å². The van der Waals surface area contributed by atoms with E-state index >= 15 is 0 Å². The summed E-state index contributed by atoms with van der Waals surface area (Å²) in [6.45, 7) is 2.43. The Morgan fingerprint density at radius 1 is 1.14 bits per heavy atom. The van der Waals surface area contributed by atoms with Gasteiger partial charge in [0.05, 0.1) is 12.5 Å². The lowest BCUT2D eigenvalue weighted by atomic mass is 10.0. The third-order valence-electron chi connectivity index (χ3n) is 3.72. The molecule has 80 valence electrons. The van der Waals surface area contributed by atoms with Crippen molar-refractivity contribution in [1.82, 2.24) is 0 Å². The summed E-state index contributed by atoms with van der Waals surface area (Å²) in [7, 11) is 0. The summed E-state index contributed by atoms with van der Waals surface area (Å²) in [5, 5.41) is 0. The first kappa shape index (κ1) is 10.0. The number of carbonyl (C=O) groups is 1. The molecule has 2 fully saturated rings. The topological polar surface area (TPSA) is 26.3 Å². The van der Waals surface area contributed by atoms with Crippen LogP contribution >= 0.6 is 0 Å². The van der Waals surface area contributed by atoms with Gasteiger partial charge in [-0.2, -0.15) is 0 Å². The van der Waals surface area contributed by atoms with Gasteiger partial charge in [0.1, 0.15) is 0 Å². The lowest BCUT2D eigenvalue weighted by molar-refractivity contribution is -0.145. The molecule has 2 saturated carbocycles. The van der Waals surface area contributed by atoms with Crippen LogP contribution in [0.3, 0.4) is 0 Å². The van der Waals surface area contributed by atoms with E-state index in [2.05, 4.69) is 0 Å². The van der Waals surface area contributed by atoms with E-state index in [1.165, 1.54) is 38.5 Å². The molecule has 0 heterocycles. The van der Waals surface area contributed by atoms with Crippen molar-refractivity contribution in [1.29, 1.82) is 0 Å². The number of rotatable bonds is 2. The average Bonchev–Trinajstić information content (AvgIpc) is 2.77. The van der Waals surface area contributed by atoms with Crippen molar-refractivity contribution < 1.29 is 9.53 Å². The van der Waals surface area contributed by atoms with Crippen LogP contribution in [0.25, 0.3) is 0 Å². The van der Waals surface area contributed by atoms with Gasteiger partial charge >= 0.3 is 5.97 Å². The Kier molecular flexibility index (Phi) is 3.09. The smallest absolute Gasteiger partial charge is 0.309 e. The number of esters is 1.